The maximum Gasteiger partial charge on any atom is 0.264 e. The molecule has 0 aliphatic rings. The minimum absolute atomic E-state index is 0.0886. The largest absolute Gasteiger partial charge is 0.354 e. The first-order chi connectivity index (χ1) is 21.6. The SMILES string of the molecule is CCCCNC(=O)[C@H](Cc1ccccc1)N(Cc1ccc(C)cc1)C(=O)CN(c1cccc(C)c1)S(=O)(=O)c1ccc(C)cc1. The predicted molar refractivity (Wildman–Crippen MR) is 180 cm³/mol. The number of sulfonamides is 1. The Morgan fingerprint density at radius 2 is 1.40 bits per heavy atom. The number of carbonyl (C=O) groups excluding carboxylic acids is 2. The Morgan fingerprint density at radius 1 is 0.756 bits per heavy atom. The number of hydrogen-bond donors (Lipinski definition) is 1. The molecule has 0 aliphatic carbocycles. The molecule has 0 radical (unpaired) electrons. The molecule has 0 aromatic heterocycles. The maximum atomic E-state index is 14.5. The molecule has 7 nitrogen and oxygen atoms in total. The highest BCUT2D eigenvalue weighted by Gasteiger charge is 2.34. The number of unbranched alkanes of at least 4 members (excludes halogenated alkanes) is 1. The topological polar surface area (TPSA) is 86.8 Å². The lowest BCUT2D eigenvalue weighted by Gasteiger charge is -2.34. The van der Waals surface area contributed by atoms with E-state index in [0.29, 0.717) is 12.2 Å². The van der Waals surface area contributed by atoms with Gasteiger partial charge in [-0.1, -0.05) is 103 Å². The highest BCUT2D eigenvalue weighted by molar-refractivity contribution is 7.92. The number of amides is 2. The molecule has 45 heavy (non-hydrogen) atoms. The fourth-order valence-electron chi connectivity index (χ4n) is 5.10. The highest BCUT2D eigenvalue weighted by Crippen LogP contribution is 2.26. The van der Waals surface area contributed by atoms with Gasteiger partial charge in [-0.15, -0.1) is 0 Å². The van der Waals surface area contributed by atoms with Crippen molar-refractivity contribution < 1.29 is 18.0 Å². The molecule has 0 spiro atoms. The summed E-state index contributed by atoms with van der Waals surface area (Å²) in [6, 6.07) is 30.2. The Balaban J connectivity index is 1.78. The monoisotopic (exact) mass is 625 g/mol. The van der Waals surface area contributed by atoms with Gasteiger partial charge in [0.25, 0.3) is 10.0 Å². The number of nitrogens with zero attached hydrogens (tertiary/aromatic N) is 2. The van der Waals surface area contributed by atoms with Crippen LogP contribution in [0.5, 0.6) is 0 Å². The summed E-state index contributed by atoms with van der Waals surface area (Å²) in [4.78, 5) is 30.0. The first-order valence-corrected chi connectivity index (χ1v) is 16.8. The average molecular weight is 626 g/mol. The molecule has 0 bridgehead atoms. The number of carbonyl (C=O) groups is 2. The number of nitrogens with one attached hydrogen (secondary N) is 1. The smallest absolute Gasteiger partial charge is 0.264 e. The molecule has 4 aromatic rings. The molecule has 4 aromatic carbocycles. The zero-order valence-electron chi connectivity index (χ0n) is 26.6. The van der Waals surface area contributed by atoms with Gasteiger partial charge < -0.3 is 10.2 Å². The van der Waals surface area contributed by atoms with Crippen LogP contribution >= 0.6 is 0 Å². The Bertz CT molecular complexity index is 1670. The van der Waals surface area contributed by atoms with Gasteiger partial charge in [0.05, 0.1) is 10.6 Å². The molecule has 0 aliphatic heterocycles. The van der Waals surface area contributed by atoms with Crippen molar-refractivity contribution in [2.75, 3.05) is 17.4 Å². The molecule has 2 amide bonds. The van der Waals surface area contributed by atoms with Gasteiger partial charge in [-0.3, -0.25) is 13.9 Å². The van der Waals surface area contributed by atoms with Gasteiger partial charge in [0, 0.05) is 19.5 Å². The Kier molecular flexibility index (Phi) is 11.5. The van der Waals surface area contributed by atoms with Crippen molar-refractivity contribution in [3.8, 4) is 0 Å². The van der Waals surface area contributed by atoms with Crippen LogP contribution in [0, 0.1) is 20.8 Å². The van der Waals surface area contributed by atoms with Crippen molar-refractivity contribution in [1.29, 1.82) is 0 Å². The van der Waals surface area contributed by atoms with Crippen LogP contribution in [-0.4, -0.2) is 44.3 Å². The van der Waals surface area contributed by atoms with E-state index in [4.69, 9.17) is 0 Å². The van der Waals surface area contributed by atoms with Crippen LogP contribution in [0.25, 0.3) is 0 Å². The van der Waals surface area contributed by atoms with Crippen LogP contribution in [0.3, 0.4) is 0 Å². The average Bonchev–Trinajstić information content (AvgIpc) is 3.03. The molecule has 8 heteroatoms. The molecule has 0 fully saturated rings. The van der Waals surface area contributed by atoms with E-state index in [-0.39, 0.29) is 23.8 Å². The first kappa shape index (κ1) is 33.5. The molecule has 0 saturated heterocycles. The fourth-order valence-corrected chi connectivity index (χ4v) is 6.51. The molecular weight excluding hydrogens is 582 g/mol. The van der Waals surface area contributed by atoms with Crippen molar-refractivity contribution >= 4 is 27.5 Å². The summed E-state index contributed by atoms with van der Waals surface area (Å²) in [5, 5.41) is 3.02. The maximum absolute atomic E-state index is 14.5. The van der Waals surface area contributed by atoms with Gasteiger partial charge in [0.1, 0.15) is 12.6 Å². The van der Waals surface area contributed by atoms with Gasteiger partial charge in [-0.05, 0) is 68.1 Å². The second kappa shape index (κ2) is 15.5. The standard InChI is InChI=1S/C37H43N3O4S/c1-5-6-23-38-37(42)35(25-31-12-8-7-9-13-31)39(26-32-19-15-28(2)16-20-32)36(41)27-40(33-14-10-11-30(4)24-33)45(43,44)34-21-17-29(3)18-22-34/h7-22,24,35H,5-6,23,25-27H2,1-4H3,(H,38,42)/t35-/m0/s1. The predicted octanol–water partition coefficient (Wildman–Crippen LogP) is 6.36. The second-order valence-corrected chi connectivity index (χ2v) is 13.4. The lowest BCUT2D eigenvalue weighted by Crippen LogP contribution is -2.53. The van der Waals surface area contributed by atoms with Crippen molar-refractivity contribution in [3.05, 3.63) is 131 Å². The van der Waals surface area contributed by atoms with E-state index < -0.39 is 28.5 Å². The van der Waals surface area contributed by atoms with Gasteiger partial charge in [-0.25, -0.2) is 8.42 Å². The number of aryl methyl sites for hydroxylation is 3. The summed E-state index contributed by atoms with van der Waals surface area (Å²) >= 11 is 0. The molecule has 4 rings (SSSR count). The van der Waals surface area contributed by atoms with E-state index in [0.717, 1.165) is 45.0 Å². The van der Waals surface area contributed by atoms with Crippen LogP contribution in [0.1, 0.15) is 47.6 Å². The molecule has 0 heterocycles. The normalized spacial score (nSPS) is 11.9. The van der Waals surface area contributed by atoms with Gasteiger partial charge in [0.15, 0.2) is 0 Å². The van der Waals surface area contributed by atoms with Crippen LogP contribution in [-0.2, 0) is 32.6 Å². The zero-order valence-corrected chi connectivity index (χ0v) is 27.4. The second-order valence-electron chi connectivity index (χ2n) is 11.5. The van der Waals surface area contributed by atoms with Crippen LogP contribution in [0.4, 0.5) is 5.69 Å². The lowest BCUT2D eigenvalue weighted by atomic mass is 10.0. The van der Waals surface area contributed by atoms with Crippen molar-refractivity contribution in [2.24, 2.45) is 0 Å². The van der Waals surface area contributed by atoms with Gasteiger partial charge >= 0.3 is 0 Å². The number of benzene rings is 4. The third-order valence-electron chi connectivity index (χ3n) is 7.75. The number of anilines is 1. The quantitative estimate of drug-likeness (QED) is 0.165. The summed E-state index contributed by atoms with van der Waals surface area (Å²) in [5.74, 6) is -0.740. The van der Waals surface area contributed by atoms with Crippen molar-refractivity contribution in [2.45, 2.75) is 64.4 Å². The van der Waals surface area contributed by atoms with Crippen LogP contribution in [0.2, 0.25) is 0 Å². The summed E-state index contributed by atoms with van der Waals surface area (Å²) in [7, 11) is -4.13. The van der Waals surface area contributed by atoms with Crippen LogP contribution in [0.15, 0.2) is 108 Å². The van der Waals surface area contributed by atoms with Crippen LogP contribution < -0.4 is 9.62 Å². The Morgan fingerprint density at radius 3 is 2.02 bits per heavy atom. The number of hydrogen-bond acceptors (Lipinski definition) is 4. The summed E-state index contributed by atoms with van der Waals surface area (Å²) in [6.07, 6.45) is 2.01. The summed E-state index contributed by atoms with van der Waals surface area (Å²) in [5.41, 5.74) is 4.98. The zero-order chi connectivity index (χ0) is 32.4. The van der Waals surface area contributed by atoms with E-state index >= 15 is 0 Å². The van der Waals surface area contributed by atoms with E-state index in [1.807, 2.05) is 81.4 Å². The van der Waals surface area contributed by atoms with E-state index in [1.165, 1.54) is 4.90 Å². The van der Waals surface area contributed by atoms with Crippen molar-refractivity contribution in [3.63, 3.8) is 0 Å². The van der Waals surface area contributed by atoms with Gasteiger partial charge in [-0.2, -0.15) is 0 Å². The summed E-state index contributed by atoms with van der Waals surface area (Å²) in [6.45, 7) is 7.96. The van der Waals surface area contributed by atoms with E-state index in [2.05, 4.69) is 12.2 Å². The number of rotatable bonds is 14. The third kappa shape index (κ3) is 9.05. The summed E-state index contributed by atoms with van der Waals surface area (Å²) < 4.78 is 29.5. The third-order valence-corrected chi connectivity index (χ3v) is 9.54. The molecular formula is C37H43N3O4S. The minimum atomic E-state index is -4.13. The molecule has 1 atom stereocenters. The molecule has 0 saturated carbocycles. The molecule has 1 N–H and O–H groups in total. The Hall–Kier alpha value is -4.43. The molecule has 236 valence electrons. The highest BCUT2D eigenvalue weighted by atomic mass is 32.2. The lowest BCUT2D eigenvalue weighted by molar-refractivity contribution is -0.140. The van der Waals surface area contributed by atoms with E-state index in [9.17, 15) is 18.0 Å². The van der Waals surface area contributed by atoms with Gasteiger partial charge in [0.2, 0.25) is 11.8 Å². The molecule has 0 unspecified atom stereocenters. The fraction of sp³-hybridized carbons (Fsp3) is 0.297. The first-order valence-electron chi connectivity index (χ1n) is 15.4. The van der Waals surface area contributed by atoms with Crippen molar-refractivity contribution in [1.82, 2.24) is 10.2 Å². The minimum Gasteiger partial charge on any atom is -0.354 e. The van der Waals surface area contributed by atoms with E-state index in [1.54, 1.807) is 42.5 Å². The Labute approximate surface area is 268 Å².